The van der Waals surface area contributed by atoms with Crippen LogP contribution in [0.3, 0.4) is 0 Å². The first kappa shape index (κ1) is 21.5. The smallest absolute Gasteiger partial charge is 0.281 e. The van der Waals surface area contributed by atoms with Gasteiger partial charge in [-0.3, -0.25) is 19.8 Å². The standard InChI is InChI=1S/C24H22N4O3S/c1-15-21(18-11-7-4-8-12-18)22-23(32-15)25-14-28(24(22)31)27-20(30)13-19(26-16(2)29)17-9-5-3-6-10-17/h3-12,14,19H,13H2,1-2H3,(H,26,29)(H,27,30). The van der Waals surface area contributed by atoms with E-state index in [0.717, 1.165) is 26.2 Å². The molecule has 4 rings (SSSR count). The second kappa shape index (κ2) is 9.15. The van der Waals surface area contributed by atoms with E-state index in [9.17, 15) is 14.4 Å². The molecule has 8 heteroatoms. The molecule has 2 amide bonds. The van der Waals surface area contributed by atoms with E-state index in [1.54, 1.807) is 0 Å². The largest absolute Gasteiger partial charge is 0.349 e. The minimum atomic E-state index is -0.510. The van der Waals surface area contributed by atoms with Gasteiger partial charge in [-0.1, -0.05) is 60.7 Å². The maximum Gasteiger partial charge on any atom is 0.281 e. The molecule has 0 fully saturated rings. The number of nitrogens with one attached hydrogen (secondary N) is 2. The number of benzene rings is 2. The Bertz CT molecular complexity index is 1330. The molecule has 7 nitrogen and oxygen atoms in total. The molecule has 0 saturated carbocycles. The maximum atomic E-state index is 13.3. The lowest BCUT2D eigenvalue weighted by Gasteiger charge is -2.18. The lowest BCUT2D eigenvalue weighted by atomic mass is 10.0. The van der Waals surface area contributed by atoms with Crippen LogP contribution >= 0.6 is 11.3 Å². The first-order chi connectivity index (χ1) is 15.4. The molecule has 162 valence electrons. The zero-order valence-corrected chi connectivity index (χ0v) is 18.5. The van der Waals surface area contributed by atoms with Crippen LogP contribution in [-0.2, 0) is 9.59 Å². The fraction of sp³-hybridized carbons (Fsp3) is 0.167. The van der Waals surface area contributed by atoms with Gasteiger partial charge in [-0.2, -0.15) is 0 Å². The van der Waals surface area contributed by atoms with Crippen LogP contribution in [0.5, 0.6) is 0 Å². The monoisotopic (exact) mass is 446 g/mol. The molecule has 0 aliphatic rings. The van der Waals surface area contributed by atoms with Crippen molar-refractivity contribution in [1.82, 2.24) is 15.0 Å². The third-order valence-corrected chi connectivity index (χ3v) is 6.08. The molecular weight excluding hydrogens is 424 g/mol. The van der Waals surface area contributed by atoms with Crippen molar-refractivity contribution in [2.75, 3.05) is 5.43 Å². The van der Waals surface area contributed by atoms with Crippen LogP contribution in [0.1, 0.15) is 29.8 Å². The van der Waals surface area contributed by atoms with Crippen molar-refractivity contribution in [3.05, 3.63) is 87.8 Å². The zero-order valence-electron chi connectivity index (χ0n) is 17.7. The fourth-order valence-corrected chi connectivity index (χ4v) is 4.69. The Morgan fingerprint density at radius 1 is 1.06 bits per heavy atom. The first-order valence-corrected chi connectivity index (χ1v) is 10.9. The van der Waals surface area contributed by atoms with E-state index < -0.39 is 11.9 Å². The van der Waals surface area contributed by atoms with E-state index in [-0.39, 0.29) is 17.9 Å². The van der Waals surface area contributed by atoms with Crippen LogP contribution in [-0.4, -0.2) is 21.5 Å². The molecule has 32 heavy (non-hydrogen) atoms. The number of fused-ring (bicyclic) bond motifs is 1. The highest BCUT2D eigenvalue weighted by Crippen LogP contribution is 2.35. The van der Waals surface area contributed by atoms with E-state index in [4.69, 9.17) is 0 Å². The van der Waals surface area contributed by atoms with Crippen molar-refractivity contribution in [3.63, 3.8) is 0 Å². The zero-order chi connectivity index (χ0) is 22.7. The summed E-state index contributed by atoms with van der Waals surface area (Å²) in [6.45, 7) is 3.36. The van der Waals surface area contributed by atoms with Crippen molar-refractivity contribution in [2.24, 2.45) is 0 Å². The van der Waals surface area contributed by atoms with Gasteiger partial charge in [0.2, 0.25) is 11.8 Å². The Labute approximate surface area is 188 Å². The number of aryl methyl sites for hydroxylation is 1. The highest BCUT2D eigenvalue weighted by Gasteiger charge is 2.20. The van der Waals surface area contributed by atoms with Crippen molar-refractivity contribution < 1.29 is 9.59 Å². The summed E-state index contributed by atoms with van der Waals surface area (Å²) in [5.41, 5.74) is 4.83. The first-order valence-electron chi connectivity index (χ1n) is 10.1. The maximum absolute atomic E-state index is 13.3. The number of thiophene rings is 1. The van der Waals surface area contributed by atoms with E-state index >= 15 is 0 Å². The average molecular weight is 447 g/mol. The van der Waals surface area contributed by atoms with Crippen LogP contribution in [0.25, 0.3) is 21.3 Å². The minimum Gasteiger partial charge on any atom is -0.349 e. The number of hydrogen-bond donors (Lipinski definition) is 2. The topological polar surface area (TPSA) is 93.1 Å². The normalized spacial score (nSPS) is 11.8. The average Bonchev–Trinajstić information content (AvgIpc) is 3.13. The predicted octanol–water partition coefficient (Wildman–Crippen LogP) is 3.77. The van der Waals surface area contributed by atoms with Crippen molar-refractivity contribution in [3.8, 4) is 11.1 Å². The van der Waals surface area contributed by atoms with Crippen molar-refractivity contribution in [2.45, 2.75) is 26.3 Å². The van der Waals surface area contributed by atoms with Gasteiger partial charge >= 0.3 is 0 Å². The van der Waals surface area contributed by atoms with Gasteiger partial charge < -0.3 is 5.32 Å². The molecule has 0 aliphatic heterocycles. The summed E-state index contributed by atoms with van der Waals surface area (Å²) in [6, 6.07) is 18.4. The minimum absolute atomic E-state index is 0.0255. The Morgan fingerprint density at radius 2 is 1.72 bits per heavy atom. The molecule has 0 spiro atoms. The Balaban J connectivity index is 1.64. The van der Waals surface area contributed by atoms with Gasteiger partial charge in [0.25, 0.3) is 5.56 Å². The second-order valence-electron chi connectivity index (χ2n) is 7.40. The Hall–Kier alpha value is -3.78. The van der Waals surface area contributed by atoms with Gasteiger partial charge in [-0.15, -0.1) is 11.3 Å². The van der Waals surface area contributed by atoms with Gasteiger partial charge in [-0.25, -0.2) is 9.66 Å². The van der Waals surface area contributed by atoms with Gasteiger partial charge in [0.05, 0.1) is 17.8 Å². The van der Waals surface area contributed by atoms with Crippen LogP contribution in [0.4, 0.5) is 0 Å². The fourth-order valence-electron chi connectivity index (χ4n) is 3.68. The molecule has 2 aromatic carbocycles. The molecular formula is C24H22N4O3S. The van der Waals surface area contributed by atoms with E-state index in [2.05, 4.69) is 15.7 Å². The molecule has 1 atom stereocenters. The third kappa shape index (κ3) is 4.45. The molecule has 2 heterocycles. The number of nitrogens with zero attached hydrogens (tertiary/aromatic N) is 2. The number of hydrogen-bond acceptors (Lipinski definition) is 5. The van der Waals surface area contributed by atoms with Crippen LogP contribution in [0, 0.1) is 6.92 Å². The van der Waals surface area contributed by atoms with Crippen molar-refractivity contribution >= 4 is 33.4 Å². The number of carbonyl (C=O) groups is 2. The molecule has 2 N–H and O–H groups in total. The number of rotatable bonds is 6. The molecule has 1 unspecified atom stereocenters. The van der Waals surface area contributed by atoms with E-state index in [1.807, 2.05) is 67.6 Å². The number of amides is 2. The summed E-state index contributed by atoms with van der Waals surface area (Å²) < 4.78 is 1.11. The summed E-state index contributed by atoms with van der Waals surface area (Å²) >= 11 is 1.45. The quantitative estimate of drug-likeness (QED) is 0.472. The lowest BCUT2D eigenvalue weighted by molar-refractivity contribution is -0.120. The summed E-state index contributed by atoms with van der Waals surface area (Å²) in [5, 5.41) is 3.26. The van der Waals surface area contributed by atoms with Crippen LogP contribution < -0.4 is 16.3 Å². The second-order valence-corrected chi connectivity index (χ2v) is 8.61. The van der Waals surface area contributed by atoms with Gasteiger partial charge in [0.15, 0.2) is 0 Å². The highest BCUT2D eigenvalue weighted by atomic mass is 32.1. The van der Waals surface area contributed by atoms with Crippen LogP contribution in [0.2, 0.25) is 0 Å². The van der Waals surface area contributed by atoms with Gasteiger partial charge in [-0.05, 0) is 18.1 Å². The number of aromatic nitrogens is 2. The molecule has 0 aliphatic carbocycles. The molecule has 2 aromatic heterocycles. The molecule has 0 bridgehead atoms. The Kier molecular flexibility index (Phi) is 6.13. The van der Waals surface area contributed by atoms with Crippen molar-refractivity contribution in [1.29, 1.82) is 0 Å². The molecule has 4 aromatic rings. The third-order valence-electron chi connectivity index (χ3n) is 5.07. The number of carbonyl (C=O) groups excluding carboxylic acids is 2. The SMILES string of the molecule is CC(=O)NC(CC(=O)Nn1cnc2sc(C)c(-c3ccccc3)c2c1=O)c1ccccc1. The van der Waals surface area contributed by atoms with Gasteiger partial charge in [0.1, 0.15) is 11.2 Å². The summed E-state index contributed by atoms with van der Waals surface area (Å²) in [6.07, 6.45) is 1.30. The van der Waals surface area contributed by atoms with Crippen LogP contribution in [0.15, 0.2) is 71.8 Å². The lowest BCUT2D eigenvalue weighted by Crippen LogP contribution is -2.36. The van der Waals surface area contributed by atoms with E-state index in [0.29, 0.717) is 10.2 Å². The molecule has 0 saturated heterocycles. The summed E-state index contributed by atoms with van der Waals surface area (Å²) in [4.78, 5) is 43.7. The molecule has 0 radical (unpaired) electrons. The highest BCUT2D eigenvalue weighted by molar-refractivity contribution is 7.19. The summed E-state index contributed by atoms with van der Waals surface area (Å²) in [5.74, 6) is -0.655. The van der Waals surface area contributed by atoms with E-state index in [1.165, 1.54) is 24.6 Å². The van der Waals surface area contributed by atoms with Gasteiger partial charge in [0, 0.05) is 17.4 Å². The Morgan fingerprint density at radius 3 is 2.38 bits per heavy atom. The predicted molar refractivity (Wildman–Crippen MR) is 126 cm³/mol. The summed E-state index contributed by atoms with van der Waals surface area (Å²) in [7, 11) is 0.